The van der Waals surface area contributed by atoms with E-state index in [1.54, 1.807) is 0 Å². The lowest BCUT2D eigenvalue weighted by atomic mass is 9.93. The number of aliphatic hydroxyl groups excluding tert-OH is 4. The fourth-order valence-electron chi connectivity index (χ4n) is 1.09. The van der Waals surface area contributed by atoms with Crippen LogP contribution in [-0.4, -0.2) is 62.8 Å². The highest BCUT2D eigenvalue weighted by Crippen LogP contribution is 2.26. The van der Waals surface area contributed by atoms with Gasteiger partial charge in [-0.1, -0.05) is 0 Å². The molecule has 0 unspecified atom stereocenters. The van der Waals surface area contributed by atoms with Crippen molar-refractivity contribution in [2.24, 2.45) is 0 Å². The SMILES string of the molecule is OC[C@@H](O)[C@@]1(O)CO[C@@H](O)[C@@H]1O. The van der Waals surface area contributed by atoms with E-state index in [1.165, 1.54) is 0 Å². The smallest absolute Gasteiger partial charge is 0.184 e. The predicted octanol–water partition coefficient (Wildman–Crippen LogP) is -3.22. The van der Waals surface area contributed by atoms with Gasteiger partial charge in [-0.3, -0.25) is 0 Å². The molecule has 1 saturated heterocycles. The molecule has 1 aliphatic heterocycles. The minimum Gasteiger partial charge on any atom is -0.394 e. The largest absolute Gasteiger partial charge is 0.394 e. The molecule has 0 spiro atoms. The predicted molar refractivity (Wildman–Crippen MR) is 36.0 cm³/mol. The van der Waals surface area contributed by atoms with E-state index in [0.717, 1.165) is 0 Å². The third-order valence-electron chi connectivity index (χ3n) is 2.02. The Bertz CT molecular complexity index is 162. The van der Waals surface area contributed by atoms with Gasteiger partial charge in [-0.05, 0) is 0 Å². The Morgan fingerprint density at radius 1 is 1.50 bits per heavy atom. The van der Waals surface area contributed by atoms with Crippen molar-refractivity contribution in [2.75, 3.05) is 13.2 Å². The van der Waals surface area contributed by atoms with Gasteiger partial charge < -0.3 is 30.3 Å². The van der Waals surface area contributed by atoms with Gasteiger partial charge in [0.25, 0.3) is 0 Å². The second kappa shape index (κ2) is 3.25. The molecule has 0 aromatic heterocycles. The van der Waals surface area contributed by atoms with Crippen LogP contribution in [0.2, 0.25) is 0 Å². The van der Waals surface area contributed by atoms with Gasteiger partial charge in [0.1, 0.15) is 17.8 Å². The Kier molecular flexibility index (Phi) is 2.67. The van der Waals surface area contributed by atoms with E-state index in [0.29, 0.717) is 0 Å². The highest BCUT2D eigenvalue weighted by molar-refractivity contribution is 4.98. The topological polar surface area (TPSA) is 110 Å². The van der Waals surface area contributed by atoms with E-state index >= 15 is 0 Å². The van der Waals surface area contributed by atoms with Crippen LogP contribution in [0.5, 0.6) is 0 Å². The normalized spacial score (nSPS) is 44.8. The summed E-state index contributed by atoms with van der Waals surface area (Å²) in [6.45, 7) is -1.11. The van der Waals surface area contributed by atoms with Gasteiger partial charge in [0, 0.05) is 0 Å². The van der Waals surface area contributed by atoms with E-state index in [9.17, 15) is 5.11 Å². The van der Waals surface area contributed by atoms with Crippen molar-refractivity contribution in [1.82, 2.24) is 0 Å². The van der Waals surface area contributed by atoms with Gasteiger partial charge >= 0.3 is 0 Å². The van der Waals surface area contributed by atoms with Crippen molar-refractivity contribution in [3.05, 3.63) is 0 Å². The number of ether oxygens (including phenoxy) is 1. The van der Waals surface area contributed by atoms with Crippen molar-refractivity contribution < 1.29 is 30.3 Å². The van der Waals surface area contributed by atoms with Crippen LogP contribution in [0.3, 0.4) is 0 Å². The van der Waals surface area contributed by atoms with Crippen molar-refractivity contribution in [3.8, 4) is 0 Å². The number of rotatable bonds is 2. The molecule has 0 bridgehead atoms. The first-order chi connectivity index (χ1) is 5.52. The van der Waals surface area contributed by atoms with Gasteiger partial charge in [-0.25, -0.2) is 0 Å². The summed E-state index contributed by atoms with van der Waals surface area (Å²) in [6, 6.07) is 0. The third kappa shape index (κ3) is 1.33. The molecular formula is C6H12O6. The van der Waals surface area contributed by atoms with Crippen LogP contribution in [0.25, 0.3) is 0 Å². The van der Waals surface area contributed by atoms with E-state index in [4.69, 9.17) is 20.4 Å². The van der Waals surface area contributed by atoms with Gasteiger partial charge in [0.2, 0.25) is 0 Å². The lowest BCUT2D eigenvalue weighted by Gasteiger charge is -2.28. The summed E-state index contributed by atoms with van der Waals surface area (Å²) in [5, 5.41) is 45.0. The van der Waals surface area contributed by atoms with Crippen LogP contribution in [-0.2, 0) is 4.74 Å². The summed E-state index contributed by atoms with van der Waals surface area (Å²) in [4.78, 5) is 0. The highest BCUT2D eigenvalue weighted by Gasteiger charge is 2.52. The molecule has 0 aromatic carbocycles. The Morgan fingerprint density at radius 3 is 2.42 bits per heavy atom. The van der Waals surface area contributed by atoms with Crippen LogP contribution >= 0.6 is 0 Å². The molecule has 6 heteroatoms. The Morgan fingerprint density at radius 2 is 2.08 bits per heavy atom. The number of hydrogen-bond donors (Lipinski definition) is 5. The highest BCUT2D eigenvalue weighted by atomic mass is 16.6. The second-order valence-corrected chi connectivity index (χ2v) is 2.84. The molecule has 12 heavy (non-hydrogen) atoms. The molecule has 0 saturated carbocycles. The number of hydrogen-bond acceptors (Lipinski definition) is 6. The average molecular weight is 180 g/mol. The van der Waals surface area contributed by atoms with Gasteiger partial charge in [0.05, 0.1) is 13.2 Å². The maximum absolute atomic E-state index is 9.45. The maximum atomic E-state index is 9.45. The van der Waals surface area contributed by atoms with Crippen LogP contribution in [0.4, 0.5) is 0 Å². The average Bonchev–Trinajstić information content (AvgIpc) is 2.33. The molecule has 1 heterocycles. The first kappa shape index (κ1) is 9.85. The van der Waals surface area contributed by atoms with E-state index in [2.05, 4.69) is 4.74 Å². The lowest BCUT2D eigenvalue weighted by Crippen LogP contribution is -2.54. The number of aliphatic hydroxyl groups is 5. The summed E-state index contributed by atoms with van der Waals surface area (Å²) in [5.41, 5.74) is -1.98. The lowest BCUT2D eigenvalue weighted by molar-refractivity contribution is -0.155. The van der Waals surface area contributed by atoms with Gasteiger partial charge in [-0.15, -0.1) is 0 Å². The van der Waals surface area contributed by atoms with Crippen molar-refractivity contribution in [1.29, 1.82) is 0 Å². The maximum Gasteiger partial charge on any atom is 0.184 e. The molecule has 0 aromatic rings. The summed E-state index contributed by atoms with van der Waals surface area (Å²) >= 11 is 0. The zero-order valence-electron chi connectivity index (χ0n) is 6.29. The first-order valence-corrected chi connectivity index (χ1v) is 3.51. The summed E-state index contributed by atoms with van der Waals surface area (Å²) in [6.07, 6.45) is -4.64. The minimum absolute atomic E-state index is 0.406. The monoisotopic (exact) mass is 180 g/mol. The Hall–Kier alpha value is -0.240. The molecule has 1 fully saturated rings. The molecular weight excluding hydrogens is 168 g/mol. The van der Waals surface area contributed by atoms with Crippen molar-refractivity contribution >= 4 is 0 Å². The standard InChI is InChI=1S/C6H12O6/c7-1-3(8)6(11)2-12-5(10)4(6)9/h3-5,7-11H,1-2H2/t3-,4+,5-,6+/m1/s1. The summed E-state index contributed by atoms with van der Waals surface area (Å²) in [5.74, 6) is 0. The molecule has 1 aliphatic rings. The Labute approximate surface area is 68.6 Å². The van der Waals surface area contributed by atoms with Crippen LogP contribution in [0.15, 0.2) is 0 Å². The summed E-state index contributed by atoms with van der Waals surface area (Å²) < 4.78 is 4.49. The van der Waals surface area contributed by atoms with E-state index in [1.807, 2.05) is 0 Å². The fourth-order valence-corrected chi connectivity index (χ4v) is 1.09. The molecule has 5 N–H and O–H groups in total. The quantitative estimate of drug-likeness (QED) is 0.306. The van der Waals surface area contributed by atoms with Crippen LogP contribution in [0.1, 0.15) is 0 Å². The summed E-state index contributed by atoms with van der Waals surface area (Å²) in [7, 11) is 0. The zero-order chi connectivity index (χ0) is 9.35. The van der Waals surface area contributed by atoms with Gasteiger partial charge in [-0.2, -0.15) is 0 Å². The molecule has 4 atom stereocenters. The molecule has 6 nitrogen and oxygen atoms in total. The van der Waals surface area contributed by atoms with E-state index < -0.39 is 37.3 Å². The minimum atomic E-state index is -1.98. The molecule has 0 radical (unpaired) electrons. The molecule has 0 aliphatic carbocycles. The Balaban J connectivity index is 2.71. The van der Waals surface area contributed by atoms with Crippen LogP contribution in [0, 0.1) is 0 Å². The third-order valence-corrected chi connectivity index (χ3v) is 2.02. The van der Waals surface area contributed by atoms with Crippen molar-refractivity contribution in [3.63, 3.8) is 0 Å². The van der Waals surface area contributed by atoms with Crippen LogP contribution < -0.4 is 0 Å². The van der Waals surface area contributed by atoms with E-state index in [-0.39, 0.29) is 0 Å². The zero-order valence-corrected chi connectivity index (χ0v) is 6.29. The molecule has 0 amide bonds. The fraction of sp³-hybridized carbons (Fsp3) is 1.00. The molecule has 1 rings (SSSR count). The second-order valence-electron chi connectivity index (χ2n) is 2.84. The molecule has 72 valence electrons. The van der Waals surface area contributed by atoms with Crippen molar-refractivity contribution in [2.45, 2.75) is 24.1 Å². The van der Waals surface area contributed by atoms with Gasteiger partial charge in [0.15, 0.2) is 6.29 Å². The first-order valence-electron chi connectivity index (χ1n) is 3.51.